The molecule has 2 rings (SSSR count). The quantitative estimate of drug-likeness (QED) is 0.843. The summed E-state index contributed by atoms with van der Waals surface area (Å²) < 4.78 is 0. The van der Waals surface area contributed by atoms with E-state index in [0.29, 0.717) is 17.6 Å². The first-order valence-corrected chi connectivity index (χ1v) is 6.61. The summed E-state index contributed by atoms with van der Waals surface area (Å²) in [6.45, 7) is 8.84. The zero-order chi connectivity index (χ0) is 13.9. The van der Waals surface area contributed by atoms with Crippen molar-refractivity contribution in [3.8, 4) is 11.4 Å². The predicted octanol–water partition coefficient (Wildman–Crippen LogP) is 3.16. The highest BCUT2D eigenvalue weighted by atomic mass is 15.3. The minimum Gasteiger partial charge on any atom is -0.131 e. The van der Waals surface area contributed by atoms with Gasteiger partial charge in [-0.1, -0.05) is 58.0 Å². The molecule has 19 heavy (non-hydrogen) atoms. The maximum absolute atomic E-state index is 4.20. The number of hydrogen-bond acceptors (Lipinski definition) is 4. The molecule has 0 amide bonds. The van der Waals surface area contributed by atoms with E-state index in [1.165, 1.54) is 0 Å². The van der Waals surface area contributed by atoms with E-state index in [0.717, 1.165) is 12.0 Å². The Kier molecular flexibility index (Phi) is 3.88. The van der Waals surface area contributed by atoms with Gasteiger partial charge in [-0.15, -0.1) is 20.4 Å². The van der Waals surface area contributed by atoms with Crippen LogP contribution in [0.4, 0.5) is 0 Å². The van der Waals surface area contributed by atoms with Gasteiger partial charge in [-0.3, -0.25) is 0 Å². The Morgan fingerprint density at radius 3 is 2.05 bits per heavy atom. The number of benzene rings is 1. The van der Waals surface area contributed by atoms with E-state index in [4.69, 9.17) is 0 Å². The molecule has 0 unspecified atom stereocenters. The van der Waals surface area contributed by atoms with Crippen molar-refractivity contribution in [3.05, 3.63) is 36.2 Å². The predicted molar refractivity (Wildman–Crippen MR) is 75.4 cm³/mol. The molecule has 0 aliphatic rings. The Balaban J connectivity index is 2.16. The molecule has 4 nitrogen and oxygen atoms in total. The zero-order valence-corrected chi connectivity index (χ0v) is 12.0. The fourth-order valence-corrected chi connectivity index (χ4v) is 1.64. The highest BCUT2D eigenvalue weighted by Gasteiger charge is 2.24. The van der Waals surface area contributed by atoms with Crippen LogP contribution >= 0.6 is 0 Å². The minimum absolute atomic E-state index is 0.150. The molecule has 0 saturated heterocycles. The molecule has 1 aromatic carbocycles. The van der Waals surface area contributed by atoms with E-state index >= 15 is 0 Å². The molecule has 0 spiro atoms. The van der Waals surface area contributed by atoms with Gasteiger partial charge >= 0.3 is 0 Å². The van der Waals surface area contributed by atoms with Crippen molar-refractivity contribution in [2.75, 3.05) is 0 Å². The molecule has 4 heteroatoms. The number of nitrogens with zero attached hydrogens (tertiary/aromatic N) is 4. The fourth-order valence-electron chi connectivity index (χ4n) is 1.64. The first-order chi connectivity index (χ1) is 8.99. The van der Waals surface area contributed by atoms with Crippen LogP contribution in [-0.2, 0) is 6.42 Å². The summed E-state index contributed by atoms with van der Waals surface area (Å²) in [4.78, 5) is 0. The highest BCUT2D eigenvalue weighted by molar-refractivity contribution is 5.52. The van der Waals surface area contributed by atoms with Gasteiger partial charge in [0.25, 0.3) is 0 Å². The lowest BCUT2D eigenvalue weighted by Gasteiger charge is -2.27. The lowest BCUT2D eigenvalue weighted by Crippen LogP contribution is -2.23. The van der Waals surface area contributed by atoms with Crippen LogP contribution in [0.3, 0.4) is 0 Å². The lowest BCUT2D eigenvalue weighted by atomic mass is 9.78. The van der Waals surface area contributed by atoms with Gasteiger partial charge in [0, 0.05) is 12.0 Å². The second-order valence-corrected chi connectivity index (χ2v) is 5.83. The Hall–Kier alpha value is -1.84. The Morgan fingerprint density at radius 1 is 0.947 bits per heavy atom. The average Bonchev–Trinajstić information content (AvgIpc) is 2.40. The first kappa shape index (κ1) is 13.6. The van der Waals surface area contributed by atoms with Crippen LogP contribution in [0.2, 0.25) is 0 Å². The van der Waals surface area contributed by atoms with E-state index in [9.17, 15) is 0 Å². The summed E-state index contributed by atoms with van der Waals surface area (Å²) in [6.07, 6.45) is 0.791. The topological polar surface area (TPSA) is 51.6 Å². The Labute approximate surface area is 114 Å². The number of aromatic nitrogens is 4. The second kappa shape index (κ2) is 5.43. The third kappa shape index (κ3) is 3.34. The van der Waals surface area contributed by atoms with Crippen molar-refractivity contribution in [2.45, 2.75) is 34.1 Å². The first-order valence-electron chi connectivity index (χ1n) is 6.61. The highest BCUT2D eigenvalue weighted by Crippen LogP contribution is 2.29. The maximum Gasteiger partial charge on any atom is 0.203 e. The van der Waals surface area contributed by atoms with Crippen molar-refractivity contribution >= 4 is 0 Å². The SMILES string of the molecule is CC(C)C(C)(C)Cc1nnc(-c2ccccc2)nn1. The van der Waals surface area contributed by atoms with Crippen molar-refractivity contribution < 1.29 is 0 Å². The van der Waals surface area contributed by atoms with Crippen LogP contribution in [0, 0.1) is 11.3 Å². The minimum atomic E-state index is 0.150. The molecular weight excluding hydrogens is 236 g/mol. The van der Waals surface area contributed by atoms with Crippen molar-refractivity contribution in [1.82, 2.24) is 20.4 Å². The smallest absolute Gasteiger partial charge is 0.131 e. The molecule has 2 aromatic rings. The van der Waals surface area contributed by atoms with E-state index in [1.807, 2.05) is 30.3 Å². The summed E-state index contributed by atoms with van der Waals surface area (Å²) in [5.74, 6) is 1.84. The maximum atomic E-state index is 4.20. The monoisotopic (exact) mass is 256 g/mol. The van der Waals surface area contributed by atoms with Crippen molar-refractivity contribution in [1.29, 1.82) is 0 Å². The summed E-state index contributed by atoms with van der Waals surface area (Å²) in [6, 6.07) is 9.78. The molecule has 0 radical (unpaired) electrons. The van der Waals surface area contributed by atoms with Gasteiger partial charge in [0.1, 0.15) is 0 Å². The Morgan fingerprint density at radius 2 is 1.53 bits per heavy atom. The molecule has 0 aliphatic carbocycles. The van der Waals surface area contributed by atoms with Gasteiger partial charge in [-0.2, -0.15) is 0 Å². The van der Waals surface area contributed by atoms with Gasteiger partial charge in [0.2, 0.25) is 5.82 Å². The number of hydrogen-bond donors (Lipinski definition) is 0. The zero-order valence-electron chi connectivity index (χ0n) is 12.0. The van der Waals surface area contributed by atoms with Gasteiger partial charge in [0.15, 0.2) is 5.82 Å². The number of rotatable bonds is 4. The molecule has 0 N–H and O–H groups in total. The van der Waals surface area contributed by atoms with Crippen LogP contribution < -0.4 is 0 Å². The summed E-state index contributed by atoms with van der Waals surface area (Å²) in [5, 5.41) is 16.7. The van der Waals surface area contributed by atoms with E-state index in [-0.39, 0.29) is 5.41 Å². The second-order valence-electron chi connectivity index (χ2n) is 5.83. The molecule has 1 heterocycles. The lowest BCUT2D eigenvalue weighted by molar-refractivity contribution is 0.241. The van der Waals surface area contributed by atoms with Crippen LogP contribution in [0.1, 0.15) is 33.5 Å². The van der Waals surface area contributed by atoms with Gasteiger partial charge < -0.3 is 0 Å². The third-order valence-electron chi connectivity index (χ3n) is 3.73. The molecule has 1 aromatic heterocycles. The van der Waals surface area contributed by atoms with E-state index in [2.05, 4.69) is 48.1 Å². The average molecular weight is 256 g/mol. The summed E-state index contributed by atoms with van der Waals surface area (Å²) in [7, 11) is 0. The van der Waals surface area contributed by atoms with Crippen molar-refractivity contribution in [3.63, 3.8) is 0 Å². The van der Waals surface area contributed by atoms with Crippen LogP contribution in [0.15, 0.2) is 30.3 Å². The normalized spacial score (nSPS) is 11.8. The molecule has 100 valence electrons. The standard InChI is InChI=1S/C15H20N4/c1-11(2)15(3,4)10-13-16-18-14(19-17-13)12-8-6-5-7-9-12/h5-9,11H,10H2,1-4H3. The van der Waals surface area contributed by atoms with Gasteiger partial charge in [0.05, 0.1) is 0 Å². The molecule has 0 bridgehead atoms. The summed E-state index contributed by atoms with van der Waals surface area (Å²) >= 11 is 0. The van der Waals surface area contributed by atoms with E-state index in [1.54, 1.807) is 0 Å². The Bertz CT molecular complexity index is 518. The van der Waals surface area contributed by atoms with Crippen LogP contribution in [-0.4, -0.2) is 20.4 Å². The molecule has 0 aliphatic heterocycles. The summed E-state index contributed by atoms with van der Waals surface area (Å²) in [5.41, 5.74) is 1.09. The van der Waals surface area contributed by atoms with Crippen LogP contribution in [0.25, 0.3) is 11.4 Å². The molecule has 0 saturated carbocycles. The van der Waals surface area contributed by atoms with Crippen molar-refractivity contribution in [2.24, 2.45) is 11.3 Å². The fraction of sp³-hybridized carbons (Fsp3) is 0.467. The molecule has 0 fully saturated rings. The van der Waals surface area contributed by atoms with Gasteiger partial charge in [-0.05, 0) is 11.3 Å². The third-order valence-corrected chi connectivity index (χ3v) is 3.73. The van der Waals surface area contributed by atoms with Gasteiger partial charge in [-0.25, -0.2) is 0 Å². The molecular formula is C15H20N4. The van der Waals surface area contributed by atoms with Crippen LogP contribution in [0.5, 0.6) is 0 Å². The van der Waals surface area contributed by atoms with E-state index < -0.39 is 0 Å². The largest absolute Gasteiger partial charge is 0.203 e. The molecule has 0 atom stereocenters.